The van der Waals surface area contributed by atoms with Gasteiger partial charge in [-0.2, -0.15) is 0 Å². The van der Waals surface area contributed by atoms with Gasteiger partial charge >= 0.3 is 0 Å². The van der Waals surface area contributed by atoms with Crippen LogP contribution in [-0.4, -0.2) is 19.1 Å². The molecule has 0 unspecified atom stereocenters. The van der Waals surface area contributed by atoms with Crippen LogP contribution in [0.2, 0.25) is 0 Å². The monoisotopic (exact) mass is 650 g/mol. The van der Waals surface area contributed by atoms with Gasteiger partial charge in [0, 0.05) is 39.2 Å². The SMILES string of the molecule is c1ccc(-c2ccc(-n3c4ccccc4c4cc(-c5ccc6c7ccccc7n(-c7cnc8c(n7)Cc7ccccc7-8)c6c5)ccc43)cc2)cc1. The van der Waals surface area contributed by atoms with Gasteiger partial charge in [0.25, 0.3) is 0 Å². The van der Waals surface area contributed by atoms with Crippen molar-refractivity contribution in [2.24, 2.45) is 0 Å². The van der Waals surface area contributed by atoms with Crippen LogP contribution in [-0.2, 0) is 6.42 Å². The highest BCUT2D eigenvalue weighted by Crippen LogP contribution is 2.39. The minimum absolute atomic E-state index is 0.805. The first-order chi connectivity index (χ1) is 25.3. The molecule has 0 saturated carbocycles. The van der Waals surface area contributed by atoms with E-state index < -0.39 is 0 Å². The van der Waals surface area contributed by atoms with Crippen LogP contribution >= 0.6 is 0 Å². The van der Waals surface area contributed by atoms with Crippen LogP contribution in [0.25, 0.3) is 88.6 Å². The number of nitrogens with zero attached hydrogens (tertiary/aromatic N) is 4. The van der Waals surface area contributed by atoms with E-state index in [0.717, 1.165) is 40.3 Å². The Morgan fingerprint density at radius 1 is 0.431 bits per heavy atom. The van der Waals surface area contributed by atoms with Crippen LogP contribution in [0, 0.1) is 0 Å². The van der Waals surface area contributed by atoms with Gasteiger partial charge in [0.15, 0.2) is 5.82 Å². The lowest BCUT2D eigenvalue weighted by Crippen LogP contribution is -2.01. The average Bonchev–Trinajstić information content (AvgIpc) is 3.85. The fourth-order valence-corrected chi connectivity index (χ4v) is 8.22. The molecule has 238 valence electrons. The van der Waals surface area contributed by atoms with Gasteiger partial charge in [-0.3, -0.25) is 9.55 Å². The third-order valence-electron chi connectivity index (χ3n) is 10.6. The van der Waals surface area contributed by atoms with E-state index in [0.29, 0.717) is 0 Å². The number of fused-ring (bicyclic) bond motifs is 9. The molecule has 0 fully saturated rings. The first-order valence-corrected chi connectivity index (χ1v) is 17.5. The third-order valence-corrected chi connectivity index (χ3v) is 10.6. The molecular weight excluding hydrogens is 621 g/mol. The maximum Gasteiger partial charge on any atom is 0.156 e. The largest absolute Gasteiger partial charge is 0.309 e. The van der Waals surface area contributed by atoms with E-state index in [1.54, 1.807) is 0 Å². The van der Waals surface area contributed by atoms with Gasteiger partial charge in [-0.05, 0) is 70.3 Å². The highest BCUT2D eigenvalue weighted by molar-refractivity contribution is 6.12. The molecule has 0 N–H and O–H groups in total. The fraction of sp³-hybridized carbons (Fsp3) is 0.0213. The Balaban J connectivity index is 1.06. The summed E-state index contributed by atoms with van der Waals surface area (Å²) in [6.07, 6.45) is 2.74. The molecular formula is C47H30N4. The normalized spacial score (nSPS) is 12.2. The quantitative estimate of drug-likeness (QED) is 0.190. The number of benzene rings is 7. The topological polar surface area (TPSA) is 35.6 Å². The summed E-state index contributed by atoms with van der Waals surface area (Å²) in [6, 6.07) is 59.0. The molecule has 1 aliphatic carbocycles. The Morgan fingerprint density at radius 2 is 1.04 bits per heavy atom. The Bertz CT molecular complexity index is 2980. The van der Waals surface area contributed by atoms with E-state index in [9.17, 15) is 0 Å². The number of para-hydroxylation sites is 2. The lowest BCUT2D eigenvalue weighted by Gasteiger charge is -2.11. The van der Waals surface area contributed by atoms with Crippen LogP contribution in [0.1, 0.15) is 11.3 Å². The van der Waals surface area contributed by atoms with Crippen molar-refractivity contribution in [3.05, 3.63) is 181 Å². The summed E-state index contributed by atoms with van der Waals surface area (Å²) >= 11 is 0. The van der Waals surface area contributed by atoms with Gasteiger partial charge in [0.1, 0.15) is 0 Å². The minimum Gasteiger partial charge on any atom is -0.309 e. The maximum atomic E-state index is 5.24. The Kier molecular flexibility index (Phi) is 5.98. The minimum atomic E-state index is 0.805. The van der Waals surface area contributed by atoms with Crippen LogP contribution in [0.15, 0.2) is 170 Å². The number of hydrogen-bond donors (Lipinski definition) is 0. The van der Waals surface area contributed by atoms with Crippen LogP contribution in [0.4, 0.5) is 0 Å². The second-order valence-electron chi connectivity index (χ2n) is 13.4. The summed E-state index contributed by atoms with van der Waals surface area (Å²) in [7, 11) is 0. The molecule has 4 heteroatoms. The van der Waals surface area contributed by atoms with Crippen molar-refractivity contribution in [1.82, 2.24) is 19.1 Å². The molecule has 0 spiro atoms. The Morgan fingerprint density at radius 3 is 1.88 bits per heavy atom. The molecule has 0 aliphatic heterocycles. The van der Waals surface area contributed by atoms with Gasteiger partial charge in [0.2, 0.25) is 0 Å². The molecule has 10 aromatic rings. The van der Waals surface area contributed by atoms with E-state index >= 15 is 0 Å². The predicted molar refractivity (Wildman–Crippen MR) is 210 cm³/mol. The lowest BCUT2D eigenvalue weighted by molar-refractivity contribution is 0.995. The van der Waals surface area contributed by atoms with Crippen molar-refractivity contribution in [2.45, 2.75) is 6.42 Å². The summed E-state index contributed by atoms with van der Waals surface area (Å²) in [5.41, 5.74) is 15.1. The summed E-state index contributed by atoms with van der Waals surface area (Å²) in [4.78, 5) is 10.2. The van der Waals surface area contributed by atoms with E-state index in [2.05, 4.69) is 173 Å². The molecule has 11 rings (SSSR count). The fourth-order valence-electron chi connectivity index (χ4n) is 8.22. The summed E-state index contributed by atoms with van der Waals surface area (Å²) in [5, 5.41) is 4.89. The van der Waals surface area contributed by atoms with Gasteiger partial charge in [-0.25, -0.2) is 4.98 Å². The maximum absolute atomic E-state index is 5.24. The average molecular weight is 651 g/mol. The number of hydrogen-bond acceptors (Lipinski definition) is 2. The summed E-state index contributed by atoms with van der Waals surface area (Å²) < 4.78 is 4.67. The molecule has 4 nitrogen and oxygen atoms in total. The molecule has 3 heterocycles. The summed E-state index contributed by atoms with van der Waals surface area (Å²) in [5.74, 6) is 0.849. The second kappa shape index (κ2) is 10.9. The third kappa shape index (κ3) is 4.26. The standard InChI is InChI=1S/C47H30N4/c1-2-10-30(11-3-1)31-18-22-35(23-19-31)50-42-16-8-7-15-38(42)40-26-32(21-25-44(40)50)33-20-24-39-37-14-6-9-17-43(37)51(45(39)28-33)46-29-48-47-36-13-5-4-12-34(36)27-41(47)49-46/h1-26,28-29H,27H2. The zero-order valence-corrected chi connectivity index (χ0v) is 27.7. The van der Waals surface area contributed by atoms with Crippen molar-refractivity contribution in [3.8, 4) is 45.0 Å². The zero-order valence-electron chi connectivity index (χ0n) is 27.7. The zero-order chi connectivity index (χ0) is 33.5. The Labute approximate surface area is 294 Å². The van der Waals surface area contributed by atoms with E-state index in [4.69, 9.17) is 9.97 Å². The van der Waals surface area contributed by atoms with Crippen molar-refractivity contribution in [1.29, 1.82) is 0 Å². The van der Waals surface area contributed by atoms with E-state index in [1.165, 1.54) is 66.0 Å². The van der Waals surface area contributed by atoms with Crippen molar-refractivity contribution in [3.63, 3.8) is 0 Å². The highest BCUT2D eigenvalue weighted by Gasteiger charge is 2.23. The highest BCUT2D eigenvalue weighted by atomic mass is 15.1. The molecule has 0 saturated heterocycles. The van der Waals surface area contributed by atoms with Crippen molar-refractivity contribution >= 4 is 43.6 Å². The molecule has 0 atom stereocenters. The van der Waals surface area contributed by atoms with Crippen LogP contribution in [0.3, 0.4) is 0 Å². The molecule has 0 amide bonds. The van der Waals surface area contributed by atoms with Gasteiger partial charge in [0.05, 0.1) is 39.7 Å². The molecule has 1 aliphatic rings. The van der Waals surface area contributed by atoms with Gasteiger partial charge < -0.3 is 4.57 Å². The number of rotatable bonds is 4. The van der Waals surface area contributed by atoms with Crippen LogP contribution in [0.5, 0.6) is 0 Å². The van der Waals surface area contributed by atoms with Gasteiger partial charge in [-0.15, -0.1) is 0 Å². The van der Waals surface area contributed by atoms with E-state index in [1.807, 2.05) is 6.20 Å². The lowest BCUT2D eigenvalue weighted by atomic mass is 10.0. The second-order valence-corrected chi connectivity index (χ2v) is 13.4. The van der Waals surface area contributed by atoms with Crippen molar-refractivity contribution in [2.75, 3.05) is 0 Å². The van der Waals surface area contributed by atoms with Crippen LogP contribution < -0.4 is 0 Å². The molecule has 0 bridgehead atoms. The molecule has 0 radical (unpaired) electrons. The predicted octanol–water partition coefficient (Wildman–Crippen LogP) is 11.6. The first-order valence-electron chi connectivity index (χ1n) is 17.5. The van der Waals surface area contributed by atoms with E-state index in [-0.39, 0.29) is 0 Å². The molecule has 3 aromatic heterocycles. The van der Waals surface area contributed by atoms with Crippen molar-refractivity contribution < 1.29 is 0 Å². The Hall–Kier alpha value is -6.78. The molecule has 7 aromatic carbocycles. The summed E-state index contributed by atoms with van der Waals surface area (Å²) in [6.45, 7) is 0. The number of aromatic nitrogens is 4. The molecule has 51 heavy (non-hydrogen) atoms. The first kappa shape index (κ1) is 28.1. The smallest absolute Gasteiger partial charge is 0.156 e. The van der Waals surface area contributed by atoms with Gasteiger partial charge in [-0.1, -0.05) is 121 Å².